The average molecular weight is 294 g/mol. The number of nitrogens with one attached hydrogen (secondary N) is 1. The van der Waals surface area contributed by atoms with Crippen molar-refractivity contribution in [3.05, 3.63) is 65.5 Å². The third-order valence-corrected chi connectivity index (χ3v) is 3.89. The number of hydrogen-bond donors (Lipinski definition) is 2. The van der Waals surface area contributed by atoms with E-state index in [9.17, 15) is 9.90 Å². The minimum absolute atomic E-state index is 0.134. The van der Waals surface area contributed by atoms with Crippen molar-refractivity contribution in [3.8, 4) is 0 Å². The maximum absolute atomic E-state index is 12.3. The van der Waals surface area contributed by atoms with Gasteiger partial charge in [0.2, 0.25) is 0 Å². The third kappa shape index (κ3) is 3.07. The molecular formula is C18H18N2O2. The molecule has 112 valence electrons. The van der Waals surface area contributed by atoms with Gasteiger partial charge in [0, 0.05) is 17.3 Å². The molecule has 0 bridgehead atoms. The van der Waals surface area contributed by atoms with Crippen LogP contribution in [0.2, 0.25) is 0 Å². The summed E-state index contributed by atoms with van der Waals surface area (Å²) in [6.07, 6.45) is 8.86. The van der Waals surface area contributed by atoms with Crippen LogP contribution < -0.4 is 5.32 Å². The highest BCUT2D eigenvalue weighted by atomic mass is 16.3. The number of nitrogens with zero attached hydrogens (tertiary/aromatic N) is 1. The van der Waals surface area contributed by atoms with Crippen LogP contribution in [0.25, 0.3) is 5.57 Å². The molecule has 22 heavy (non-hydrogen) atoms. The monoisotopic (exact) mass is 294 g/mol. The molecule has 0 unspecified atom stereocenters. The van der Waals surface area contributed by atoms with Gasteiger partial charge in [-0.15, -0.1) is 0 Å². The molecule has 1 heterocycles. The Bertz CT molecular complexity index is 705. The Labute approximate surface area is 129 Å². The highest BCUT2D eigenvalue weighted by Gasteiger charge is 2.11. The highest BCUT2D eigenvalue weighted by Crippen LogP contribution is 2.27. The van der Waals surface area contributed by atoms with Crippen molar-refractivity contribution in [1.82, 2.24) is 4.98 Å². The summed E-state index contributed by atoms with van der Waals surface area (Å²) in [7, 11) is 0. The number of carbonyl (C=O) groups excluding carboxylic acids is 1. The summed E-state index contributed by atoms with van der Waals surface area (Å²) < 4.78 is 0. The Morgan fingerprint density at radius 2 is 2.05 bits per heavy atom. The van der Waals surface area contributed by atoms with Crippen molar-refractivity contribution in [2.45, 2.75) is 25.9 Å². The van der Waals surface area contributed by atoms with E-state index in [0.717, 1.165) is 12.8 Å². The van der Waals surface area contributed by atoms with Crippen molar-refractivity contribution in [2.75, 3.05) is 5.32 Å². The Kier molecular flexibility index (Phi) is 4.30. The van der Waals surface area contributed by atoms with Gasteiger partial charge in [0.05, 0.1) is 18.5 Å². The van der Waals surface area contributed by atoms with Crippen molar-refractivity contribution in [3.63, 3.8) is 0 Å². The summed E-state index contributed by atoms with van der Waals surface area (Å²) in [5.74, 6) is -0.199. The molecule has 2 N–H and O–H groups in total. The first-order valence-electron chi connectivity index (χ1n) is 7.42. The van der Waals surface area contributed by atoms with Gasteiger partial charge in [0.15, 0.2) is 0 Å². The van der Waals surface area contributed by atoms with Crippen molar-refractivity contribution in [2.24, 2.45) is 0 Å². The van der Waals surface area contributed by atoms with E-state index in [1.807, 2.05) is 24.3 Å². The zero-order valence-corrected chi connectivity index (χ0v) is 12.2. The molecule has 1 aliphatic rings. The number of allylic oxidation sites excluding steroid dienone is 2. The van der Waals surface area contributed by atoms with Crippen LogP contribution in [0.1, 0.15) is 40.7 Å². The largest absolute Gasteiger partial charge is 0.392 e. The number of anilines is 1. The standard InChI is InChI=1S/C18H18N2O2/c21-12-16-9-10-19-11-17(16)20-18(22)15-7-5-14(6-8-15)13-3-1-2-4-13/h3,5-11,21H,1-2,4,12H2,(H,20,22). The minimum atomic E-state index is -0.199. The first-order valence-corrected chi connectivity index (χ1v) is 7.42. The number of carbonyl (C=O) groups is 1. The predicted molar refractivity (Wildman–Crippen MR) is 86.4 cm³/mol. The Morgan fingerprint density at radius 3 is 2.73 bits per heavy atom. The lowest BCUT2D eigenvalue weighted by Crippen LogP contribution is -2.13. The summed E-state index contributed by atoms with van der Waals surface area (Å²) in [6.45, 7) is -0.134. The van der Waals surface area contributed by atoms with Crippen LogP contribution in [-0.4, -0.2) is 16.0 Å². The molecule has 0 saturated heterocycles. The van der Waals surface area contributed by atoms with Crippen LogP contribution in [0.5, 0.6) is 0 Å². The molecule has 1 amide bonds. The summed E-state index contributed by atoms with van der Waals surface area (Å²) in [4.78, 5) is 16.3. The molecule has 2 aromatic rings. The van der Waals surface area contributed by atoms with Crippen LogP contribution in [0, 0.1) is 0 Å². The van der Waals surface area contributed by atoms with Gasteiger partial charge in [-0.05, 0) is 48.6 Å². The van der Waals surface area contributed by atoms with Crippen LogP contribution >= 0.6 is 0 Å². The van der Waals surface area contributed by atoms with E-state index in [-0.39, 0.29) is 12.5 Å². The molecule has 0 aliphatic heterocycles. The molecule has 1 aromatic carbocycles. The normalized spacial score (nSPS) is 13.8. The average Bonchev–Trinajstić information content (AvgIpc) is 3.10. The van der Waals surface area contributed by atoms with Gasteiger partial charge in [-0.25, -0.2) is 0 Å². The third-order valence-electron chi connectivity index (χ3n) is 3.89. The van der Waals surface area contributed by atoms with E-state index in [4.69, 9.17) is 0 Å². The van der Waals surface area contributed by atoms with Crippen LogP contribution in [-0.2, 0) is 6.61 Å². The lowest BCUT2D eigenvalue weighted by molar-refractivity contribution is 0.102. The zero-order valence-electron chi connectivity index (χ0n) is 12.2. The maximum atomic E-state index is 12.3. The van der Waals surface area contributed by atoms with E-state index >= 15 is 0 Å². The van der Waals surface area contributed by atoms with Crippen molar-refractivity contribution in [1.29, 1.82) is 0 Å². The molecule has 0 fully saturated rings. The van der Waals surface area contributed by atoms with Gasteiger partial charge in [0.25, 0.3) is 5.91 Å². The first kappa shape index (κ1) is 14.5. The SMILES string of the molecule is O=C(Nc1cnccc1CO)c1ccc(C2=CCCC2)cc1. The molecular weight excluding hydrogens is 276 g/mol. The number of hydrogen-bond acceptors (Lipinski definition) is 3. The number of rotatable bonds is 4. The van der Waals surface area contributed by atoms with Gasteiger partial charge in [0.1, 0.15) is 0 Å². The second kappa shape index (κ2) is 6.54. The Balaban J connectivity index is 1.75. The fourth-order valence-corrected chi connectivity index (χ4v) is 2.64. The van der Waals surface area contributed by atoms with Crippen molar-refractivity contribution >= 4 is 17.2 Å². The fourth-order valence-electron chi connectivity index (χ4n) is 2.64. The molecule has 4 heteroatoms. The Hall–Kier alpha value is -2.46. The van der Waals surface area contributed by atoms with Crippen molar-refractivity contribution < 1.29 is 9.90 Å². The second-order valence-electron chi connectivity index (χ2n) is 5.34. The number of aliphatic hydroxyl groups is 1. The molecule has 1 aliphatic carbocycles. The summed E-state index contributed by atoms with van der Waals surface area (Å²) in [5.41, 5.74) is 4.33. The van der Waals surface area contributed by atoms with Crippen LogP contribution in [0.3, 0.4) is 0 Å². The number of pyridine rings is 1. The number of amides is 1. The zero-order chi connectivity index (χ0) is 15.4. The maximum Gasteiger partial charge on any atom is 0.255 e. The fraction of sp³-hybridized carbons (Fsp3) is 0.222. The van der Waals surface area contributed by atoms with E-state index in [2.05, 4.69) is 16.4 Å². The van der Waals surface area contributed by atoms with E-state index < -0.39 is 0 Å². The van der Waals surface area contributed by atoms with Crippen LogP contribution in [0.4, 0.5) is 5.69 Å². The second-order valence-corrected chi connectivity index (χ2v) is 5.34. The van der Waals surface area contributed by atoms with E-state index in [1.54, 1.807) is 18.5 Å². The topological polar surface area (TPSA) is 62.2 Å². The Morgan fingerprint density at radius 1 is 1.23 bits per heavy atom. The van der Waals surface area contributed by atoms with Crippen LogP contribution in [0.15, 0.2) is 48.8 Å². The molecule has 1 aromatic heterocycles. The summed E-state index contributed by atoms with van der Waals surface area (Å²) in [6, 6.07) is 9.33. The smallest absolute Gasteiger partial charge is 0.255 e. The minimum Gasteiger partial charge on any atom is -0.392 e. The van der Waals surface area contributed by atoms with E-state index in [1.165, 1.54) is 17.6 Å². The lowest BCUT2D eigenvalue weighted by atomic mass is 10.0. The molecule has 0 atom stereocenters. The van der Waals surface area contributed by atoms with Gasteiger partial charge < -0.3 is 10.4 Å². The summed E-state index contributed by atoms with van der Waals surface area (Å²) >= 11 is 0. The summed E-state index contributed by atoms with van der Waals surface area (Å²) in [5, 5.41) is 12.1. The molecule has 0 radical (unpaired) electrons. The van der Waals surface area contributed by atoms with E-state index in [0.29, 0.717) is 16.8 Å². The quantitative estimate of drug-likeness (QED) is 0.908. The lowest BCUT2D eigenvalue weighted by Gasteiger charge is -2.09. The molecule has 0 spiro atoms. The van der Waals surface area contributed by atoms with Gasteiger partial charge in [-0.1, -0.05) is 18.2 Å². The predicted octanol–water partition coefficient (Wildman–Crippen LogP) is 3.39. The number of benzene rings is 1. The molecule has 0 saturated carbocycles. The number of aromatic nitrogens is 1. The first-order chi connectivity index (χ1) is 10.8. The number of aliphatic hydroxyl groups excluding tert-OH is 1. The highest BCUT2D eigenvalue weighted by molar-refractivity contribution is 6.04. The molecule has 4 nitrogen and oxygen atoms in total. The van der Waals surface area contributed by atoms with Gasteiger partial charge in [-0.2, -0.15) is 0 Å². The molecule has 3 rings (SSSR count). The van der Waals surface area contributed by atoms with Gasteiger partial charge >= 0.3 is 0 Å². The van der Waals surface area contributed by atoms with Gasteiger partial charge in [-0.3, -0.25) is 9.78 Å².